The molecule has 0 aliphatic heterocycles. The van der Waals surface area contributed by atoms with Crippen molar-refractivity contribution in [2.24, 2.45) is 0 Å². The Kier molecular flexibility index (Phi) is 5.49. The Balaban J connectivity index is 2.06. The van der Waals surface area contributed by atoms with Crippen LogP contribution in [-0.4, -0.2) is 24.1 Å². The van der Waals surface area contributed by atoms with Crippen LogP contribution in [0.2, 0.25) is 0 Å². The lowest BCUT2D eigenvalue weighted by Gasteiger charge is -2.13. The second-order valence-corrected chi connectivity index (χ2v) is 5.36. The van der Waals surface area contributed by atoms with E-state index in [1.54, 1.807) is 37.3 Å². The number of aromatic carboxylic acids is 1. The number of carboxylic acids is 1. The molecule has 0 saturated heterocycles. The number of anilines is 1. The fourth-order valence-electron chi connectivity index (χ4n) is 1.95. The summed E-state index contributed by atoms with van der Waals surface area (Å²) in [5, 5.41) is 16.3. The molecule has 0 aliphatic carbocycles. The zero-order valence-corrected chi connectivity index (χ0v) is 13.9. The number of nitrogens with one attached hydrogen (secondary N) is 2. The van der Waals surface area contributed by atoms with E-state index in [2.05, 4.69) is 10.6 Å². The SMILES string of the molecule is COc1ccc(C(=O)NC(=S)Nc2cc(C(=O)[O-])ccc2C)cc1. The maximum absolute atomic E-state index is 12.1. The topological polar surface area (TPSA) is 90.5 Å². The molecule has 0 radical (unpaired) electrons. The average molecular weight is 343 g/mol. The highest BCUT2D eigenvalue weighted by Crippen LogP contribution is 2.17. The number of carbonyl (C=O) groups is 2. The highest BCUT2D eigenvalue weighted by atomic mass is 32.1. The van der Waals surface area contributed by atoms with Gasteiger partial charge in [-0.3, -0.25) is 10.1 Å². The van der Waals surface area contributed by atoms with Crippen molar-refractivity contribution in [3.05, 3.63) is 59.2 Å². The maximum Gasteiger partial charge on any atom is 0.257 e. The largest absolute Gasteiger partial charge is 0.545 e. The van der Waals surface area contributed by atoms with Crippen LogP contribution in [0.5, 0.6) is 5.75 Å². The van der Waals surface area contributed by atoms with E-state index < -0.39 is 5.97 Å². The molecule has 2 rings (SSSR count). The van der Waals surface area contributed by atoms with Crippen LogP contribution in [0.25, 0.3) is 0 Å². The van der Waals surface area contributed by atoms with Crippen LogP contribution in [0.4, 0.5) is 5.69 Å². The van der Waals surface area contributed by atoms with Gasteiger partial charge in [-0.1, -0.05) is 12.1 Å². The molecule has 7 heteroatoms. The van der Waals surface area contributed by atoms with Gasteiger partial charge in [-0.2, -0.15) is 0 Å². The third-order valence-electron chi connectivity index (χ3n) is 3.30. The van der Waals surface area contributed by atoms with E-state index in [4.69, 9.17) is 17.0 Å². The molecule has 2 aromatic carbocycles. The first-order valence-corrected chi connectivity index (χ1v) is 7.40. The fourth-order valence-corrected chi connectivity index (χ4v) is 2.16. The van der Waals surface area contributed by atoms with Gasteiger partial charge in [0.15, 0.2) is 5.11 Å². The van der Waals surface area contributed by atoms with Gasteiger partial charge in [-0.15, -0.1) is 0 Å². The van der Waals surface area contributed by atoms with Gasteiger partial charge in [-0.25, -0.2) is 0 Å². The molecule has 0 atom stereocenters. The average Bonchev–Trinajstić information content (AvgIpc) is 2.56. The molecular formula is C17H15N2O4S-. The summed E-state index contributed by atoms with van der Waals surface area (Å²) >= 11 is 5.10. The number of ether oxygens (including phenoxy) is 1. The molecule has 0 aliphatic rings. The maximum atomic E-state index is 12.1. The van der Waals surface area contributed by atoms with Gasteiger partial charge < -0.3 is 20.0 Å². The molecule has 124 valence electrons. The highest BCUT2D eigenvalue weighted by Gasteiger charge is 2.09. The molecular weight excluding hydrogens is 328 g/mol. The summed E-state index contributed by atoms with van der Waals surface area (Å²) in [5.74, 6) is -1.03. The smallest absolute Gasteiger partial charge is 0.257 e. The zero-order chi connectivity index (χ0) is 17.7. The highest BCUT2D eigenvalue weighted by molar-refractivity contribution is 7.80. The van der Waals surface area contributed by atoms with Crippen molar-refractivity contribution in [1.82, 2.24) is 5.32 Å². The lowest BCUT2D eigenvalue weighted by molar-refractivity contribution is -0.255. The minimum absolute atomic E-state index is 0.0207. The molecule has 0 aromatic heterocycles. The Morgan fingerprint density at radius 3 is 2.29 bits per heavy atom. The molecule has 6 nitrogen and oxygen atoms in total. The van der Waals surface area contributed by atoms with E-state index in [1.807, 2.05) is 0 Å². The number of carboxylic acid groups (broad SMARTS) is 1. The van der Waals surface area contributed by atoms with Gasteiger partial charge in [-0.05, 0) is 60.6 Å². The minimum atomic E-state index is -1.29. The van der Waals surface area contributed by atoms with Gasteiger partial charge in [0, 0.05) is 11.3 Å². The lowest BCUT2D eigenvalue weighted by Crippen LogP contribution is -2.34. The summed E-state index contributed by atoms with van der Waals surface area (Å²) in [6.07, 6.45) is 0. The molecule has 0 bridgehead atoms. The minimum Gasteiger partial charge on any atom is -0.545 e. The Morgan fingerprint density at radius 1 is 1.08 bits per heavy atom. The van der Waals surface area contributed by atoms with Crippen LogP contribution < -0.4 is 20.5 Å². The Labute approximate surface area is 144 Å². The standard InChI is InChI=1S/C17H16N2O4S/c1-10-3-4-12(16(21)22)9-14(10)18-17(24)19-15(20)11-5-7-13(23-2)8-6-11/h3-9H,1-2H3,(H,21,22)(H2,18,19,20,24)/p-1. The number of rotatable bonds is 4. The predicted molar refractivity (Wildman–Crippen MR) is 92.2 cm³/mol. The van der Waals surface area contributed by atoms with E-state index in [1.165, 1.54) is 19.2 Å². The van der Waals surface area contributed by atoms with E-state index in [0.29, 0.717) is 17.0 Å². The van der Waals surface area contributed by atoms with E-state index in [0.717, 1.165) is 5.56 Å². The molecule has 0 spiro atoms. The van der Waals surface area contributed by atoms with Crippen LogP contribution in [0.15, 0.2) is 42.5 Å². The van der Waals surface area contributed by atoms with E-state index in [9.17, 15) is 14.7 Å². The van der Waals surface area contributed by atoms with Crippen molar-refractivity contribution >= 4 is 34.9 Å². The summed E-state index contributed by atoms with van der Waals surface area (Å²) in [5.41, 5.74) is 1.70. The first-order chi connectivity index (χ1) is 11.4. The summed E-state index contributed by atoms with van der Waals surface area (Å²) in [4.78, 5) is 23.0. The van der Waals surface area contributed by atoms with Crippen molar-refractivity contribution in [2.75, 3.05) is 12.4 Å². The summed E-state index contributed by atoms with van der Waals surface area (Å²) in [6.45, 7) is 1.79. The quantitative estimate of drug-likeness (QED) is 0.818. The molecule has 1 amide bonds. The molecule has 24 heavy (non-hydrogen) atoms. The van der Waals surface area contributed by atoms with Crippen LogP contribution in [0.1, 0.15) is 26.3 Å². The molecule has 0 unspecified atom stereocenters. The lowest BCUT2D eigenvalue weighted by atomic mass is 10.1. The second kappa shape index (κ2) is 7.56. The van der Waals surface area contributed by atoms with Crippen molar-refractivity contribution in [2.45, 2.75) is 6.92 Å². The number of carbonyl (C=O) groups excluding carboxylic acids is 2. The van der Waals surface area contributed by atoms with Crippen LogP contribution in [0.3, 0.4) is 0 Å². The summed E-state index contributed by atoms with van der Waals surface area (Å²) < 4.78 is 5.03. The first kappa shape index (κ1) is 17.4. The van der Waals surface area contributed by atoms with E-state index >= 15 is 0 Å². The normalized spacial score (nSPS) is 9.92. The Bertz CT molecular complexity index is 788. The Hall–Kier alpha value is -2.93. The van der Waals surface area contributed by atoms with Gasteiger partial charge in [0.2, 0.25) is 0 Å². The fraction of sp³-hybridized carbons (Fsp3) is 0.118. The number of hydrogen-bond acceptors (Lipinski definition) is 5. The number of hydrogen-bond donors (Lipinski definition) is 2. The third kappa shape index (κ3) is 4.30. The van der Waals surface area contributed by atoms with Gasteiger partial charge in [0.1, 0.15) is 5.75 Å². The monoisotopic (exact) mass is 343 g/mol. The van der Waals surface area contributed by atoms with Crippen LogP contribution in [-0.2, 0) is 0 Å². The molecule has 2 N–H and O–H groups in total. The van der Waals surface area contributed by atoms with Crippen LogP contribution >= 0.6 is 12.2 Å². The predicted octanol–water partition coefficient (Wildman–Crippen LogP) is 1.49. The van der Waals surface area contributed by atoms with Gasteiger partial charge in [0.25, 0.3) is 5.91 Å². The summed E-state index contributed by atoms with van der Waals surface area (Å²) in [6, 6.07) is 11.0. The molecule has 0 saturated carbocycles. The molecule has 2 aromatic rings. The zero-order valence-electron chi connectivity index (χ0n) is 13.1. The molecule has 0 fully saturated rings. The Morgan fingerprint density at radius 2 is 1.71 bits per heavy atom. The number of benzene rings is 2. The van der Waals surface area contributed by atoms with Gasteiger partial charge in [0.05, 0.1) is 13.1 Å². The number of aryl methyl sites for hydroxylation is 1. The van der Waals surface area contributed by atoms with Crippen molar-refractivity contribution in [3.8, 4) is 5.75 Å². The summed E-state index contributed by atoms with van der Waals surface area (Å²) in [7, 11) is 1.54. The third-order valence-corrected chi connectivity index (χ3v) is 3.50. The van der Waals surface area contributed by atoms with Crippen molar-refractivity contribution in [3.63, 3.8) is 0 Å². The second-order valence-electron chi connectivity index (χ2n) is 4.95. The molecule has 0 heterocycles. The number of thiocarbonyl (C=S) groups is 1. The van der Waals surface area contributed by atoms with Crippen molar-refractivity contribution in [1.29, 1.82) is 0 Å². The van der Waals surface area contributed by atoms with Crippen molar-refractivity contribution < 1.29 is 19.4 Å². The van der Waals surface area contributed by atoms with E-state index in [-0.39, 0.29) is 16.6 Å². The van der Waals surface area contributed by atoms with Crippen LogP contribution in [0, 0.1) is 6.92 Å². The number of methoxy groups -OCH3 is 1. The first-order valence-electron chi connectivity index (χ1n) is 6.99. The number of amides is 1. The van der Waals surface area contributed by atoms with Gasteiger partial charge >= 0.3 is 0 Å².